The van der Waals surface area contributed by atoms with Gasteiger partial charge in [0.1, 0.15) is 0 Å². The van der Waals surface area contributed by atoms with Crippen LogP contribution in [0.25, 0.3) is 5.69 Å². The zero-order chi connectivity index (χ0) is 17.6. The van der Waals surface area contributed by atoms with Crippen molar-refractivity contribution in [3.05, 3.63) is 77.6 Å². The highest BCUT2D eigenvalue weighted by molar-refractivity contribution is 7.80. The lowest BCUT2D eigenvalue weighted by Gasteiger charge is -2.11. The molecule has 0 fully saturated rings. The van der Waals surface area contributed by atoms with Crippen LogP contribution in [0, 0.1) is 0 Å². The van der Waals surface area contributed by atoms with Crippen molar-refractivity contribution in [1.82, 2.24) is 20.6 Å². The lowest BCUT2D eigenvalue weighted by Crippen LogP contribution is -2.43. The van der Waals surface area contributed by atoms with E-state index in [1.165, 1.54) is 6.20 Å². The van der Waals surface area contributed by atoms with Gasteiger partial charge in [0.25, 0.3) is 5.91 Å². The number of rotatable bonds is 3. The maximum atomic E-state index is 12.2. The monoisotopic (exact) mass is 371 g/mol. The van der Waals surface area contributed by atoms with E-state index in [0.717, 1.165) is 11.4 Å². The van der Waals surface area contributed by atoms with Gasteiger partial charge in [0, 0.05) is 16.9 Å². The number of carbonyl (C=O) groups excluding carboxylic acids is 1. The largest absolute Gasteiger partial charge is 0.331 e. The number of benzene rings is 2. The second kappa shape index (κ2) is 7.78. The molecule has 0 atom stereocenters. The highest BCUT2D eigenvalue weighted by Crippen LogP contribution is 2.13. The first-order chi connectivity index (χ1) is 12.1. The second-order valence-electron chi connectivity index (χ2n) is 5.05. The van der Waals surface area contributed by atoms with Crippen LogP contribution >= 0.6 is 23.8 Å². The van der Waals surface area contributed by atoms with Crippen LogP contribution in [0.4, 0.5) is 5.69 Å². The van der Waals surface area contributed by atoms with Gasteiger partial charge in [-0.25, -0.2) is 4.68 Å². The molecule has 0 unspecified atom stereocenters. The number of nitrogens with one attached hydrogen (secondary N) is 3. The fraction of sp³-hybridized carbons (Fsp3) is 0. The SMILES string of the molecule is O=C(NNC(=S)Nc1ccc(Cl)cc1)c1cnn(-c2ccccc2)c1. The molecule has 3 rings (SSSR count). The van der Waals surface area contributed by atoms with Gasteiger partial charge in [0.15, 0.2) is 5.11 Å². The van der Waals surface area contributed by atoms with Crippen LogP contribution in [0.5, 0.6) is 0 Å². The molecule has 0 saturated carbocycles. The Hall–Kier alpha value is -2.90. The molecule has 25 heavy (non-hydrogen) atoms. The molecule has 0 spiro atoms. The van der Waals surface area contributed by atoms with Gasteiger partial charge in [-0.05, 0) is 48.6 Å². The molecule has 0 aliphatic rings. The number of thiocarbonyl (C=S) groups is 1. The summed E-state index contributed by atoms with van der Waals surface area (Å²) in [6.45, 7) is 0. The van der Waals surface area contributed by atoms with Crippen LogP contribution in [0.3, 0.4) is 0 Å². The second-order valence-corrected chi connectivity index (χ2v) is 5.89. The highest BCUT2D eigenvalue weighted by Gasteiger charge is 2.09. The summed E-state index contributed by atoms with van der Waals surface area (Å²) in [5.74, 6) is -0.345. The average Bonchev–Trinajstić information content (AvgIpc) is 3.13. The van der Waals surface area contributed by atoms with Gasteiger partial charge >= 0.3 is 0 Å². The van der Waals surface area contributed by atoms with Crippen molar-refractivity contribution in [2.24, 2.45) is 0 Å². The summed E-state index contributed by atoms with van der Waals surface area (Å²) in [6.07, 6.45) is 3.13. The Morgan fingerprint density at radius 3 is 2.48 bits per heavy atom. The minimum atomic E-state index is -0.345. The molecule has 3 aromatic rings. The lowest BCUT2D eigenvalue weighted by molar-refractivity contribution is 0.0944. The Balaban J connectivity index is 1.55. The van der Waals surface area contributed by atoms with Crippen molar-refractivity contribution in [3.8, 4) is 5.69 Å². The number of hydrogen-bond acceptors (Lipinski definition) is 3. The van der Waals surface area contributed by atoms with Crippen molar-refractivity contribution in [2.45, 2.75) is 0 Å². The molecule has 0 radical (unpaired) electrons. The van der Waals surface area contributed by atoms with E-state index in [1.54, 1.807) is 35.1 Å². The molecule has 3 N–H and O–H groups in total. The van der Waals surface area contributed by atoms with Gasteiger partial charge in [0.05, 0.1) is 17.4 Å². The topological polar surface area (TPSA) is 71.0 Å². The number of para-hydroxylation sites is 1. The van der Waals surface area contributed by atoms with Gasteiger partial charge in [-0.2, -0.15) is 5.10 Å². The minimum absolute atomic E-state index is 0.256. The van der Waals surface area contributed by atoms with E-state index in [0.29, 0.717) is 10.6 Å². The van der Waals surface area contributed by atoms with Gasteiger partial charge in [0.2, 0.25) is 0 Å². The number of anilines is 1. The maximum absolute atomic E-state index is 12.2. The number of aromatic nitrogens is 2. The maximum Gasteiger partial charge on any atom is 0.272 e. The predicted molar refractivity (Wildman–Crippen MR) is 102 cm³/mol. The molecule has 0 aliphatic carbocycles. The smallest absolute Gasteiger partial charge is 0.272 e. The van der Waals surface area contributed by atoms with Crippen molar-refractivity contribution in [3.63, 3.8) is 0 Å². The molecule has 0 bridgehead atoms. The summed E-state index contributed by atoms with van der Waals surface area (Å²) in [7, 11) is 0. The number of hydrazine groups is 1. The molecule has 6 nitrogen and oxygen atoms in total. The Morgan fingerprint density at radius 2 is 1.76 bits per heavy atom. The van der Waals surface area contributed by atoms with Crippen LogP contribution in [0.2, 0.25) is 5.02 Å². The van der Waals surface area contributed by atoms with Crippen molar-refractivity contribution < 1.29 is 4.79 Å². The Labute approximate surface area is 154 Å². The van der Waals surface area contributed by atoms with Crippen molar-refractivity contribution in [1.29, 1.82) is 0 Å². The van der Waals surface area contributed by atoms with Gasteiger partial charge in [-0.15, -0.1) is 0 Å². The Kier molecular flexibility index (Phi) is 5.27. The van der Waals surface area contributed by atoms with Crippen LogP contribution in [-0.2, 0) is 0 Å². The van der Waals surface area contributed by atoms with E-state index >= 15 is 0 Å². The normalized spacial score (nSPS) is 10.1. The molecular weight excluding hydrogens is 358 g/mol. The molecule has 0 aliphatic heterocycles. The van der Waals surface area contributed by atoms with Crippen molar-refractivity contribution in [2.75, 3.05) is 5.32 Å². The fourth-order valence-electron chi connectivity index (χ4n) is 2.04. The summed E-state index contributed by atoms with van der Waals surface area (Å²) in [6, 6.07) is 16.6. The number of amides is 1. The standard InChI is InChI=1S/C17H14ClN5OS/c18-13-6-8-14(9-7-13)20-17(25)22-21-16(24)12-10-19-23(11-12)15-4-2-1-3-5-15/h1-11H,(H,21,24)(H2,20,22,25). The quantitative estimate of drug-likeness (QED) is 0.487. The highest BCUT2D eigenvalue weighted by atomic mass is 35.5. The summed E-state index contributed by atoms with van der Waals surface area (Å²) in [4.78, 5) is 12.2. The average molecular weight is 372 g/mol. The summed E-state index contributed by atoms with van der Waals surface area (Å²) < 4.78 is 1.62. The third kappa shape index (κ3) is 4.56. The van der Waals surface area contributed by atoms with E-state index in [-0.39, 0.29) is 11.0 Å². The molecule has 1 heterocycles. The predicted octanol–water partition coefficient (Wildman–Crippen LogP) is 3.16. The van der Waals surface area contributed by atoms with E-state index in [1.807, 2.05) is 30.3 Å². The Morgan fingerprint density at radius 1 is 1.04 bits per heavy atom. The summed E-state index contributed by atoms with van der Waals surface area (Å²) in [5, 5.41) is 8.00. The lowest BCUT2D eigenvalue weighted by atomic mass is 10.3. The first-order valence-corrected chi connectivity index (χ1v) is 8.13. The number of hydrogen-bond donors (Lipinski definition) is 3. The van der Waals surface area contributed by atoms with E-state index in [2.05, 4.69) is 21.3 Å². The van der Waals surface area contributed by atoms with E-state index in [4.69, 9.17) is 23.8 Å². The van der Waals surface area contributed by atoms with Gasteiger partial charge in [-0.1, -0.05) is 29.8 Å². The van der Waals surface area contributed by atoms with Crippen molar-refractivity contribution >= 4 is 40.5 Å². The van der Waals surface area contributed by atoms with Gasteiger partial charge < -0.3 is 5.32 Å². The number of halogens is 1. The van der Waals surface area contributed by atoms with E-state index < -0.39 is 0 Å². The minimum Gasteiger partial charge on any atom is -0.331 e. The van der Waals surface area contributed by atoms with Crippen LogP contribution in [-0.4, -0.2) is 20.8 Å². The van der Waals surface area contributed by atoms with Crippen LogP contribution < -0.4 is 16.2 Å². The summed E-state index contributed by atoms with van der Waals surface area (Å²) >= 11 is 11.0. The number of nitrogens with zero attached hydrogens (tertiary/aromatic N) is 2. The number of carbonyl (C=O) groups is 1. The summed E-state index contributed by atoms with van der Waals surface area (Å²) in [5.41, 5.74) is 7.20. The molecule has 1 aromatic heterocycles. The zero-order valence-electron chi connectivity index (χ0n) is 12.9. The molecular formula is C17H14ClN5OS. The molecule has 0 saturated heterocycles. The first kappa shape index (κ1) is 16.9. The van der Waals surface area contributed by atoms with Crippen LogP contribution in [0.15, 0.2) is 67.0 Å². The zero-order valence-corrected chi connectivity index (χ0v) is 14.5. The Bertz CT molecular complexity index is 880. The third-order valence-electron chi connectivity index (χ3n) is 3.26. The third-order valence-corrected chi connectivity index (χ3v) is 3.71. The first-order valence-electron chi connectivity index (χ1n) is 7.35. The molecule has 2 aromatic carbocycles. The molecule has 126 valence electrons. The fourth-order valence-corrected chi connectivity index (χ4v) is 2.34. The molecule has 8 heteroatoms. The van der Waals surface area contributed by atoms with Crippen LogP contribution in [0.1, 0.15) is 10.4 Å². The van der Waals surface area contributed by atoms with Gasteiger partial charge in [-0.3, -0.25) is 15.6 Å². The van der Waals surface area contributed by atoms with E-state index in [9.17, 15) is 4.79 Å². The molecule has 1 amide bonds.